The molecule has 0 saturated heterocycles. The number of hydrogen-bond donors (Lipinski definition) is 1. The third kappa shape index (κ3) is 5.86. The van der Waals surface area contributed by atoms with E-state index in [4.69, 9.17) is 4.74 Å². The molecule has 0 spiro atoms. The highest BCUT2D eigenvalue weighted by atomic mass is 19.1. The molecule has 1 aromatic heterocycles. The predicted molar refractivity (Wildman–Crippen MR) is 93.7 cm³/mol. The molecular weight excluding hydrogens is 323 g/mol. The smallest absolute Gasteiger partial charge is 0.318 e. The van der Waals surface area contributed by atoms with Crippen LogP contribution in [-0.2, 0) is 17.8 Å². The second-order valence-corrected chi connectivity index (χ2v) is 6.12. The molecule has 25 heavy (non-hydrogen) atoms. The van der Waals surface area contributed by atoms with Crippen LogP contribution < -0.4 is 5.32 Å². The van der Waals surface area contributed by atoms with Crippen molar-refractivity contribution in [3.63, 3.8) is 0 Å². The summed E-state index contributed by atoms with van der Waals surface area (Å²) in [7, 11) is 1.60. The largest absolute Gasteiger partial charge is 0.383 e. The first-order valence-electron chi connectivity index (χ1n) is 8.28. The average Bonchev–Trinajstić information content (AvgIpc) is 2.97. The van der Waals surface area contributed by atoms with E-state index >= 15 is 0 Å². The number of nitrogens with one attached hydrogen (secondary N) is 1. The van der Waals surface area contributed by atoms with Crippen molar-refractivity contribution in [3.8, 4) is 0 Å². The van der Waals surface area contributed by atoms with Crippen LogP contribution in [-0.4, -0.2) is 46.8 Å². The van der Waals surface area contributed by atoms with Crippen LogP contribution in [0.15, 0.2) is 36.7 Å². The summed E-state index contributed by atoms with van der Waals surface area (Å²) in [5.74, 6) is 0.469. The lowest BCUT2D eigenvalue weighted by molar-refractivity contribution is 0.143. The molecule has 0 radical (unpaired) electrons. The van der Waals surface area contributed by atoms with E-state index in [1.54, 1.807) is 24.3 Å². The minimum absolute atomic E-state index is 0.0459. The highest BCUT2D eigenvalue weighted by Crippen LogP contribution is 2.10. The first kappa shape index (κ1) is 18.9. The molecule has 2 aromatic rings. The molecule has 1 N–H and O–H groups in total. The number of aromatic nitrogens is 2. The number of rotatable bonds is 8. The number of carbonyl (C=O) groups excluding carboxylic acids is 1. The van der Waals surface area contributed by atoms with Crippen molar-refractivity contribution < 1.29 is 13.9 Å². The fourth-order valence-corrected chi connectivity index (χ4v) is 2.43. The topological polar surface area (TPSA) is 59.4 Å². The molecule has 0 aliphatic heterocycles. The molecule has 0 bridgehead atoms. The van der Waals surface area contributed by atoms with Crippen LogP contribution in [0.5, 0.6) is 0 Å². The van der Waals surface area contributed by atoms with Crippen molar-refractivity contribution in [2.24, 2.45) is 0 Å². The molecular formula is C18H25FN4O2. The lowest BCUT2D eigenvalue weighted by atomic mass is 10.2. The number of methoxy groups -OCH3 is 1. The molecule has 1 heterocycles. The Hall–Kier alpha value is -2.41. The zero-order valence-electron chi connectivity index (χ0n) is 14.9. The van der Waals surface area contributed by atoms with E-state index in [9.17, 15) is 9.18 Å². The summed E-state index contributed by atoms with van der Waals surface area (Å²) >= 11 is 0. The predicted octanol–water partition coefficient (Wildman–Crippen LogP) is 2.64. The molecule has 0 fully saturated rings. The number of benzene rings is 1. The Morgan fingerprint density at radius 2 is 2.24 bits per heavy atom. The number of ether oxygens (including phenoxy) is 1. The van der Waals surface area contributed by atoms with E-state index in [1.165, 1.54) is 12.1 Å². The van der Waals surface area contributed by atoms with Crippen LogP contribution in [0.25, 0.3) is 0 Å². The zero-order valence-corrected chi connectivity index (χ0v) is 14.9. The maximum Gasteiger partial charge on any atom is 0.318 e. The first-order chi connectivity index (χ1) is 12.0. The van der Waals surface area contributed by atoms with E-state index in [0.29, 0.717) is 26.2 Å². The van der Waals surface area contributed by atoms with E-state index in [1.807, 2.05) is 30.7 Å². The molecule has 2 rings (SSSR count). The summed E-state index contributed by atoms with van der Waals surface area (Å²) in [6.45, 7) is 5.58. The van der Waals surface area contributed by atoms with Gasteiger partial charge in [-0.2, -0.15) is 0 Å². The number of imidazole rings is 1. The van der Waals surface area contributed by atoms with Crippen molar-refractivity contribution in [2.45, 2.75) is 33.0 Å². The number of halogens is 1. The first-order valence-corrected chi connectivity index (χ1v) is 8.28. The quantitative estimate of drug-likeness (QED) is 0.798. The molecule has 1 aromatic carbocycles. The highest BCUT2D eigenvalue weighted by Gasteiger charge is 2.17. The molecule has 0 unspecified atom stereocenters. The van der Waals surface area contributed by atoms with Crippen molar-refractivity contribution in [1.82, 2.24) is 19.8 Å². The molecule has 2 amide bonds. The van der Waals surface area contributed by atoms with Gasteiger partial charge in [0.25, 0.3) is 0 Å². The van der Waals surface area contributed by atoms with Crippen LogP contribution >= 0.6 is 0 Å². The van der Waals surface area contributed by atoms with Gasteiger partial charge in [0.05, 0.1) is 13.2 Å². The zero-order chi connectivity index (χ0) is 18.2. The monoisotopic (exact) mass is 348 g/mol. The summed E-state index contributed by atoms with van der Waals surface area (Å²) in [4.78, 5) is 18.4. The SMILES string of the molecule is COCCN(Cc1nccn1Cc1cccc(F)c1)C(=O)NC(C)C. The van der Waals surface area contributed by atoms with E-state index in [0.717, 1.165) is 11.4 Å². The fourth-order valence-electron chi connectivity index (χ4n) is 2.43. The van der Waals surface area contributed by atoms with Gasteiger partial charge in [-0.15, -0.1) is 0 Å². The molecule has 7 heteroatoms. The maximum absolute atomic E-state index is 13.4. The summed E-state index contributed by atoms with van der Waals surface area (Å²) in [6, 6.07) is 6.35. The van der Waals surface area contributed by atoms with Crippen LogP contribution in [0.1, 0.15) is 25.2 Å². The van der Waals surface area contributed by atoms with Crippen molar-refractivity contribution >= 4 is 6.03 Å². The van der Waals surface area contributed by atoms with E-state index in [-0.39, 0.29) is 17.9 Å². The molecule has 0 aliphatic rings. The van der Waals surface area contributed by atoms with Gasteiger partial charge in [-0.05, 0) is 31.5 Å². The van der Waals surface area contributed by atoms with Crippen LogP contribution in [0.2, 0.25) is 0 Å². The van der Waals surface area contributed by atoms with Gasteiger partial charge >= 0.3 is 6.03 Å². The van der Waals surface area contributed by atoms with Crippen molar-refractivity contribution in [1.29, 1.82) is 0 Å². The number of amides is 2. The standard InChI is InChI=1S/C18H25FN4O2/c1-14(2)21-18(24)23(9-10-25-3)13-17-20-7-8-22(17)12-15-5-4-6-16(19)11-15/h4-8,11,14H,9-10,12-13H2,1-3H3,(H,21,24). The minimum atomic E-state index is -0.266. The number of urea groups is 1. The normalized spacial score (nSPS) is 10.9. The van der Waals surface area contributed by atoms with Crippen molar-refractivity contribution in [2.75, 3.05) is 20.3 Å². The van der Waals surface area contributed by atoms with Gasteiger partial charge in [-0.3, -0.25) is 0 Å². The van der Waals surface area contributed by atoms with Gasteiger partial charge in [0, 0.05) is 38.6 Å². The number of hydrogen-bond acceptors (Lipinski definition) is 3. The summed E-state index contributed by atoms with van der Waals surface area (Å²) in [5, 5.41) is 2.89. The Labute approximate surface area is 147 Å². The lowest BCUT2D eigenvalue weighted by Gasteiger charge is -2.24. The van der Waals surface area contributed by atoms with Crippen LogP contribution in [0.4, 0.5) is 9.18 Å². The van der Waals surface area contributed by atoms with Gasteiger partial charge in [0.2, 0.25) is 0 Å². The van der Waals surface area contributed by atoms with Gasteiger partial charge in [-0.1, -0.05) is 12.1 Å². The summed E-state index contributed by atoms with van der Waals surface area (Å²) in [5.41, 5.74) is 0.842. The molecule has 0 saturated carbocycles. The fraction of sp³-hybridized carbons (Fsp3) is 0.444. The molecule has 136 valence electrons. The molecule has 0 aliphatic carbocycles. The van der Waals surface area contributed by atoms with E-state index in [2.05, 4.69) is 10.3 Å². The Morgan fingerprint density at radius 3 is 2.92 bits per heavy atom. The Kier molecular flexibility index (Phi) is 6.94. The third-order valence-corrected chi connectivity index (χ3v) is 3.64. The highest BCUT2D eigenvalue weighted by molar-refractivity contribution is 5.74. The Morgan fingerprint density at radius 1 is 1.44 bits per heavy atom. The minimum Gasteiger partial charge on any atom is -0.383 e. The van der Waals surface area contributed by atoms with E-state index < -0.39 is 0 Å². The second-order valence-electron chi connectivity index (χ2n) is 6.12. The summed E-state index contributed by atoms with van der Waals surface area (Å²) < 4.78 is 20.4. The Balaban J connectivity index is 2.11. The van der Waals surface area contributed by atoms with Crippen molar-refractivity contribution in [3.05, 3.63) is 53.9 Å². The van der Waals surface area contributed by atoms with Gasteiger partial charge in [0.1, 0.15) is 11.6 Å². The van der Waals surface area contributed by atoms with Crippen LogP contribution in [0, 0.1) is 5.82 Å². The van der Waals surface area contributed by atoms with Gasteiger partial charge < -0.3 is 19.5 Å². The third-order valence-electron chi connectivity index (χ3n) is 3.64. The van der Waals surface area contributed by atoms with Crippen LogP contribution in [0.3, 0.4) is 0 Å². The number of carbonyl (C=O) groups is 1. The second kappa shape index (κ2) is 9.17. The summed E-state index contributed by atoms with van der Waals surface area (Å²) in [6.07, 6.45) is 3.51. The maximum atomic E-state index is 13.4. The van der Waals surface area contributed by atoms with Gasteiger partial charge in [0.15, 0.2) is 0 Å². The number of nitrogens with zero attached hydrogens (tertiary/aromatic N) is 3. The van der Waals surface area contributed by atoms with Gasteiger partial charge in [-0.25, -0.2) is 14.2 Å². The Bertz CT molecular complexity index is 687. The lowest BCUT2D eigenvalue weighted by Crippen LogP contribution is -2.44. The average molecular weight is 348 g/mol. The molecule has 6 nitrogen and oxygen atoms in total. The molecule has 0 atom stereocenters.